The summed E-state index contributed by atoms with van der Waals surface area (Å²) in [5.41, 5.74) is 1.61. The molecule has 0 fully saturated rings. The molecule has 1 heterocycles. The molecule has 13 nitrogen and oxygen atoms in total. The molecule has 0 radical (unpaired) electrons. The normalized spacial score (nSPS) is 12.7. The Hall–Kier alpha value is -5.92. The molecule has 268 valence electrons. The van der Waals surface area contributed by atoms with Crippen molar-refractivity contribution in [3.63, 3.8) is 0 Å². The average molecular weight is 747 g/mol. The van der Waals surface area contributed by atoms with E-state index in [0.29, 0.717) is 21.5 Å². The Bertz CT molecular complexity index is 2170. The molecule has 1 aromatic heterocycles. The van der Waals surface area contributed by atoms with Crippen molar-refractivity contribution < 1.29 is 39.0 Å². The predicted octanol–water partition coefficient (Wildman–Crippen LogP) is 4.92. The van der Waals surface area contributed by atoms with Crippen LogP contribution in [0.3, 0.4) is 0 Å². The molecule has 0 saturated heterocycles. The Morgan fingerprint density at radius 2 is 1.35 bits per heavy atom. The van der Waals surface area contributed by atoms with E-state index < -0.39 is 66.5 Å². The average Bonchev–Trinajstić information content (AvgIpc) is 3.53. The van der Waals surface area contributed by atoms with E-state index >= 15 is 0 Å². The summed E-state index contributed by atoms with van der Waals surface area (Å²) in [5.74, 6) is -6.12. The van der Waals surface area contributed by atoms with Crippen molar-refractivity contribution in [1.82, 2.24) is 20.9 Å². The van der Waals surface area contributed by atoms with Crippen molar-refractivity contribution in [3.05, 3.63) is 112 Å². The van der Waals surface area contributed by atoms with Gasteiger partial charge in [0.15, 0.2) is 0 Å². The molecule has 0 aliphatic carbocycles. The maximum absolute atomic E-state index is 13.9. The Morgan fingerprint density at radius 3 is 2.08 bits per heavy atom. The third-order valence-electron chi connectivity index (χ3n) is 8.13. The van der Waals surface area contributed by atoms with E-state index in [-0.39, 0.29) is 29.2 Å². The molecule has 0 spiro atoms. The summed E-state index contributed by atoms with van der Waals surface area (Å²) in [6.45, 7) is 0. The van der Waals surface area contributed by atoms with E-state index in [4.69, 9.17) is 23.2 Å². The summed E-state index contributed by atoms with van der Waals surface area (Å²) in [6.07, 6.45) is -1.82. The molecule has 0 unspecified atom stereocenters. The molecule has 15 heteroatoms. The number of nitrogens with one attached hydrogen (secondary N) is 5. The second-order valence-corrected chi connectivity index (χ2v) is 12.8. The highest BCUT2D eigenvalue weighted by Crippen LogP contribution is 2.22. The van der Waals surface area contributed by atoms with Gasteiger partial charge in [-0.1, -0.05) is 77.8 Å². The fraction of sp³-hybridized carbons (Fsp3) is 0.189. The Morgan fingerprint density at radius 1 is 0.654 bits per heavy atom. The van der Waals surface area contributed by atoms with Gasteiger partial charge in [-0.15, -0.1) is 0 Å². The van der Waals surface area contributed by atoms with Crippen molar-refractivity contribution in [2.45, 2.75) is 43.8 Å². The van der Waals surface area contributed by atoms with Gasteiger partial charge in [-0.05, 0) is 59.2 Å². The van der Waals surface area contributed by atoms with Gasteiger partial charge in [0.1, 0.15) is 23.8 Å². The van der Waals surface area contributed by atoms with Crippen molar-refractivity contribution in [1.29, 1.82) is 0 Å². The van der Waals surface area contributed by atoms with Gasteiger partial charge < -0.3 is 36.5 Å². The number of halogens is 2. The molecule has 0 saturated carbocycles. The van der Waals surface area contributed by atoms with Crippen molar-refractivity contribution >= 4 is 86.1 Å². The second kappa shape index (κ2) is 16.9. The highest BCUT2D eigenvalue weighted by molar-refractivity contribution is 6.33. The monoisotopic (exact) mass is 745 g/mol. The maximum Gasteiger partial charge on any atom is 0.305 e. The van der Waals surface area contributed by atoms with E-state index in [1.54, 1.807) is 42.5 Å². The smallest absolute Gasteiger partial charge is 0.305 e. The molecule has 52 heavy (non-hydrogen) atoms. The molecule has 5 aromatic rings. The van der Waals surface area contributed by atoms with Crippen LogP contribution in [0.15, 0.2) is 91.0 Å². The largest absolute Gasteiger partial charge is 0.481 e. The van der Waals surface area contributed by atoms with Crippen LogP contribution >= 0.6 is 23.2 Å². The predicted molar refractivity (Wildman–Crippen MR) is 195 cm³/mol. The van der Waals surface area contributed by atoms with E-state index in [2.05, 4.69) is 26.3 Å². The molecule has 4 aromatic carbocycles. The van der Waals surface area contributed by atoms with E-state index in [0.717, 1.165) is 10.8 Å². The number of carboxylic acid groups (broad SMARTS) is 2. The minimum Gasteiger partial charge on any atom is -0.481 e. The van der Waals surface area contributed by atoms with Crippen LogP contribution in [0.2, 0.25) is 10.0 Å². The number of aliphatic carboxylic acids is 2. The van der Waals surface area contributed by atoms with Crippen LogP contribution < -0.4 is 21.3 Å². The van der Waals surface area contributed by atoms with Gasteiger partial charge >= 0.3 is 11.9 Å². The van der Waals surface area contributed by atoms with Gasteiger partial charge in [0.05, 0.1) is 17.1 Å². The summed E-state index contributed by atoms with van der Waals surface area (Å²) >= 11 is 12.2. The Labute approximate surface area is 306 Å². The molecular weight excluding hydrogens is 713 g/mol. The standard InChI is InChI=1S/C37H33Cl2N5O8/c38-24-11-12-26-23(17-24)18-30(40-26)36(51)43-29(16-20-9-10-21-5-1-2-6-22(21)15-20)35(50)44-31(19-33(47)48)37(52)42-28(13-14-32(45)46)34(49)41-27-8-4-3-7-25(27)39/h1-12,15,17-18,28-29,31,40H,13-14,16,19H2,(H,41,49)(H,42,52)(H,43,51)(H,44,50)(H,45,46)(H,47,48)/t28-,29-,31-/m0/s1. The first-order valence-electron chi connectivity index (χ1n) is 16.0. The van der Waals surface area contributed by atoms with Crippen LogP contribution in [0.25, 0.3) is 21.7 Å². The minimum absolute atomic E-state index is 0.0443. The summed E-state index contributed by atoms with van der Waals surface area (Å²) < 4.78 is 0. The summed E-state index contributed by atoms with van der Waals surface area (Å²) in [6, 6.07) is 21.4. The highest BCUT2D eigenvalue weighted by Gasteiger charge is 2.32. The second-order valence-electron chi connectivity index (χ2n) is 11.9. The van der Waals surface area contributed by atoms with Gasteiger partial charge in [0.25, 0.3) is 5.91 Å². The minimum atomic E-state index is -1.73. The maximum atomic E-state index is 13.9. The van der Waals surface area contributed by atoms with Crippen molar-refractivity contribution in [2.24, 2.45) is 0 Å². The number of rotatable bonds is 15. The number of hydrogen-bond donors (Lipinski definition) is 7. The number of carboxylic acids is 2. The first-order valence-corrected chi connectivity index (χ1v) is 16.8. The fourth-order valence-corrected chi connectivity index (χ4v) is 5.88. The number of benzene rings is 4. The lowest BCUT2D eigenvalue weighted by Gasteiger charge is -2.25. The van der Waals surface area contributed by atoms with Crippen molar-refractivity contribution in [3.8, 4) is 0 Å². The van der Waals surface area contributed by atoms with Crippen molar-refractivity contribution in [2.75, 3.05) is 5.32 Å². The van der Waals surface area contributed by atoms with Crippen LogP contribution in [0.1, 0.15) is 35.3 Å². The molecular formula is C37H33Cl2N5O8. The molecule has 4 amide bonds. The number of amides is 4. The quantitative estimate of drug-likeness (QED) is 0.0781. The van der Waals surface area contributed by atoms with Crippen LogP contribution in [0, 0.1) is 0 Å². The zero-order valence-electron chi connectivity index (χ0n) is 27.3. The van der Waals surface area contributed by atoms with Gasteiger partial charge in [-0.2, -0.15) is 0 Å². The zero-order valence-corrected chi connectivity index (χ0v) is 28.8. The first-order chi connectivity index (χ1) is 24.9. The highest BCUT2D eigenvalue weighted by atomic mass is 35.5. The van der Waals surface area contributed by atoms with E-state index in [1.165, 1.54) is 12.1 Å². The van der Waals surface area contributed by atoms with Crippen LogP contribution in [-0.2, 0) is 30.4 Å². The molecule has 7 N–H and O–H groups in total. The number of aromatic amines is 1. The number of carbonyl (C=O) groups excluding carboxylic acids is 4. The van der Waals surface area contributed by atoms with E-state index in [9.17, 15) is 39.0 Å². The summed E-state index contributed by atoms with van der Waals surface area (Å²) in [7, 11) is 0. The fourth-order valence-electron chi connectivity index (χ4n) is 5.52. The lowest BCUT2D eigenvalue weighted by atomic mass is 10.0. The number of carbonyl (C=O) groups is 6. The summed E-state index contributed by atoms with van der Waals surface area (Å²) in [4.78, 5) is 80.4. The molecule has 3 atom stereocenters. The van der Waals surface area contributed by atoms with Gasteiger partial charge in [-0.3, -0.25) is 28.8 Å². The topological polar surface area (TPSA) is 207 Å². The lowest BCUT2D eigenvalue weighted by Crippen LogP contribution is -2.57. The third kappa shape index (κ3) is 9.86. The molecule has 0 bridgehead atoms. The van der Waals surface area contributed by atoms with Crippen LogP contribution in [-0.4, -0.2) is 68.9 Å². The Balaban J connectivity index is 1.39. The summed E-state index contributed by atoms with van der Waals surface area (Å²) in [5, 5.41) is 32.1. The number of hydrogen-bond acceptors (Lipinski definition) is 6. The number of aromatic nitrogens is 1. The number of para-hydroxylation sites is 1. The van der Waals surface area contributed by atoms with Crippen LogP contribution in [0.5, 0.6) is 0 Å². The van der Waals surface area contributed by atoms with Gasteiger partial charge in [0.2, 0.25) is 17.7 Å². The van der Waals surface area contributed by atoms with Crippen LogP contribution in [0.4, 0.5) is 5.69 Å². The first kappa shape index (κ1) is 37.3. The molecule has 5 rings (SSSR count). The number of fused-ring (bicyclic) bond motifs is 2. The lowest BCUT2D eigenvalue weighted by molar-refractivity contribution is -0.141. The number of anilines is 1. The van der Waals surface area contributed by atoms with Gasteiger partial charge in [0, 0.05) is 28.8 Å². The molecule has 0 aliphatic rings. The molecule has 0 aliphatic heterocycles. The third-order valence-corrected chi connectivity index (χ3v) is 8.69. The number of H-pyrrole nitrogens is 1. The zero-order chi connectivity index (χ0) is 37.4. The SMILES string of the molecule is O=C(O)CC[C@H](NC(=O)[C@H](CC(=O)O)NC(=O)[C@H](Cc1ccc2ccccc2c1)NC(=O)c1cc2cc(Cl)ccc2[nH]1)C(=O)Nc1ccccc1Cl. The van der Waals surface area contributed by atoms with E-state index in [1.807, 2.05) is 36.4 Å². The Kier molecular flexibility index (Phi) is 12.1. The van der Waals surface area contributed by atoms with Gasteiger partial charge in [-0.25, -0.2) is 0 Å².